The van der Waals surface area contributed by atoms with Gasteiger partial charge in [0.05, 0.1) is 7.11 Å². The normalized spacial score (nSPS) is 12.1. The van der Waals surface area contributed by atoms with Gasteiger partial charge >= 0.3 is 5.97 Å². The molecule has 0 aromatic heterocycles. The second-order valence-corrected chi connectivity index (χ2v) is 3.75. The molecule has 0 fully saturated rings. The minimum atomic E-state index is -0.929. The molecule has 0 saturated carbocycles. The number of ether oxygens (including phenoxy) is 2. The summed E-state index contributed by atoms with van der Waals surface area (Å²) in [7, 11) is 1.58. The standard InChI is InChI=1S/C13H18O4/c1-3-7-17-12(13(14)15)9-10-5-4-6-11(8-10)16-2/h4-6,8,12H,3,7,9H2,1-2H3,(H,14,15)/t12-/m1/s1. The number of carbonyl (C=O) groups is 1. The fourth-order valence-corrected chi connectivity index (χ4v) is 1.49. The van der Waals surface area contributed by atoms with Crippen LogP contribution >= 0.6 is 0 Å². The van der Waals surface area contributed by atoms with Crippen molar-refractivity contribution in [3.8, 4) is 5.75 Å². The molecular weight excluding hydrogens is 220 g/mol. The highest BCUT2D eigenvalue weighted by molar-refractivity contribution is 5.72. The first kappa shape index (κ1) is 13.5. The molecule has 1 aromatic carbocycles. The second-order valence-electron chi connectivity index (χ2n) is 3.75. The second kappa shape index (κ2) is 6.91. The number of hydrogen-bond donors (Lipinski definition) is 1. The minimum Gasteiger partial charge on any atom is -0.497 e. The van der Waals surface area contributed by atoms with E-state index in [1.165, 1.54) is 0 Å². The van der Waals surface area contributed by atoms with E-state index >= 15 is 0 Å². The zero-order valence-corrected chi connectivity index (χ0v) is 10.2. The molecule has 1 N–H and O–H groups in total. The number of carboxylic acid groups (broad SMARTS) is 1. The van der Waals surface area contributed by atoms with Gasteiger partial charge < -0.3 is 14.6 Å². The summed E-state index contributed by atoms with van der Waals surface area (Å²) in [5, 5.41) is 9.03. The molecule has 1 aromatic rings. The summed E-state index contributed by atoms with van der Waals surface area (Å²) >= 11 is 0. The van der Waals surface area contributed by atoms with Crippen molar-refractivity contribution in [3.63, 3.8) is 0 Å². The van der Waals surface area contributed by atoms with Crippen LogP contribution in [0.4, 0.5) is 0 Å². The third-order valence-corrected chi connectivity index (χ3v) is 2.35. The third-order valence-electron chi connectivity index (χ3n) is 2.35. The summed E-state index contributed by atoms with van der Waals surface area (Å²) < 4.78 is 10.4. The molecule has 4 heteroatoms. The van der Waals surface area contributed by atoms with Crippen LogP contribution in [0.3, 0.4) is 0 Å². The molecule has 0 spiro atoms. The van der Waals surface area contributed by atoms with Crippen molar-refractivity contribution in [1.29, 1.82) is 0 Å². The van der Waals surface area contributed by atoms with Gasteiger partial charge in [0.1, 0.15) is 5.75 Å². The molecule has 1 atom stereocenters. The monoisotopic (exact) mass is 238 g/mol. The summed E-state index contributed by atoms with van der Waals surface area (Å²) in [5.41, 5.74) is 0.896. The summed E-state index contributed by atoms with van der Waals surface area (Å²) in [5.74, 6) is -0.205. The van der Waals surface area contributed by atoms with Crippen LogP contribution in [0.1, 0.15) is 18.9 Å². The van der Waals surface area contributed by atoms with E-state index in [4.69, 9.17) is 14.6 Å². The largest absolute Gasteiger partial charge is 0.497 e. The topological polar surface area (TPSA) is 55.8 Å². The fraction of sp³-hybridized carbons (Fsp3) is 0.462. The summed E-state index contributed by atoms with van der Waals surface area (Å²) in [6.45, 7) is 2.41. The van der Waals surface area contributed by atoms with E-state index in [1.807, 2.05) is 31.2 Å². The first-order chi connectivity index (χ1) is 8.17. The Labute approximate surface area is 101 Å². The van der Waals surface area contributed by atoms with Crippen molar-refractivity contribution < 1.29 is 19.4 Å². The molecule has 0 aliphatic rings. The van der Waals surface area contributed by atoms with Crippen LogP contribution in [0.5, 0.6) is 5.75 Å². The molecular formula is C13H18O4. The minimum absolute atomic E-state index is 0.354. The maximum atomic E-state index is 11.0. The van der Waals surface area contributed by atoms with Crippen LogP contribution in [0.2, 0.25) is 0 Å². The van der Waals surface area contributed by atoms with Gasteiger partial charge in [-0.2, -0.15) is 0 Å². The van der Waals surface area contributed by atoms with Crippen molar-refractivity contribution in [2.75, 3.05) is 13.7 Å². The number of aliphatic carboxylic acids is 1. The van der Waals surface area contributed by atoms with Crippen LogP contribution in [-0.2, 0) is 16.0 Å². The van der Waals surface area contributed by atoms with Crippen molar-refractivity contribution >= 4 is 5.97 Å². The summed E-state index contributed by atoms with van der Waals surface area (Å²) in [6.07, 6.45) is 0.371. The lowest BCUT2D eigenvalue weighted by Crippen LogP contribution is -2.26. The van der Waals surface area contributed by atoms with Crippen LogP contribution < -0.4 is 4.74 Å². The van der Waals surface area contributed by atoms with E-state index in [1.54, 1.807) is 7.11 Å². The molecule has 0 amide bonds. The molecule has 0 radical (unpaired) electrons. The summed E-state index contributed by atoms with van der Waals surface area (Å²) in [4.78, 5) is 11.0. The molecule has 0 saturated heterocycles. The molecule has 1 rings (SSSR count). The Morgan fingerprint density at radius 3 is 2.82 bits per heavy atom. The Bertz CT molecular complexity index is 362. The maximum absolute atomic E-state index is 11.0. The van der Waals surface area contributed by atoms with E-state index in [2.05, 4.69) is 0 Å². The lowest BCUT2D eigenvalue weighted by Gasteiger charge is -2.13. The van der Waals surface area contributed by atoms with E-state index in [9.17, 15) is 4.79 Å². The van der Waals surface area contributed by atoms with Crippen LogP contribution in [0, 0.1) is 0 Å². The van der Waals surface area contributed by atoms with Gasteiger partial charge in [0.25, 0.3) is 0 Å². The van der Waals surface area contributed by atoms with E-state index < -0.39 is 12.1 Å². The highest BCUT2D eigenvalue weighted by atomic mass is 16.5. The zero-order chi connectivity index (χ0) is 12.7. The van der Waals surface area contributed by atoms with Gasteiger partial charge in [0, 0.05) is 13.0 Å². The van der Waals surface area contributed by atoms with Crippen LogP contribution in [0.25, 0.3) is 0 Å². The Hall–Kier alpha value is -1.55. The van der Waals surface area contributed by atoms with Gasteiger partial charge in [-0.05, 0) is 24.1 Å². The lowest BCUT2D eigenvalue weighted by atomic mass is 10.1. The van der Waals surface area contributed by atoms with Crippen molar-refractivity contribution in [3.05, 3.63) is 29.8 Å². The van der Waals surface area contributed by atoms with Gasteiger partial charge in [0.2, 0.25) is 0 Å². The fourth-order valence-electron chi connectivity index (χ4n) is 1.49. The van der Waals surface area contributed by atoms with E-state index in [0.29, 0.717) is 13.0 Å². The average molecular weight is 238 g/mol. The van der Waals surface area contributed by atoms with Crippen molar-refractivity contribution in [2.24, 2.45) is 0 Å². The first-order valence-electron chi connectivity index (χ1n) is 5.64. The van der Waals surface area contributed by atoms with Gasteiger partial charge in [0.15, 0.2) is 6.10 Å². The van der Waals surface area contributed by atoms with Gasteiger partial charge in [-0.25, -0.2) is 4.79 Å². The van der Waals surface area contributed by atoms with Gasteiger partial charge in [-0.1, -0.05) is 19.1 Å². The highest BCUT2D eigenvalue weighted by Gasteiger charge is 2.18. The SMILES string of the molecule is CCCO[C@H](Cc1cccc(OC)c1)C(=O)O. The average Bonchev–Trinajstić information content (AvgIpc) is 2.34. The highest BCUT2D eigenvalue weighted by Crippen LogP contribution is 2.15. The number of carboxylic acids is 1. The molecule has 94 valence electrons. The number of benzene rings is 1. The Balaban J connectivity index is 2.67. The van der Waals surface area contributed by atoms with E-state index in [-0.39, 0.29) is 0 Å². The molecule has 0 aliphatic carbocycles. The van der Waals surface area contributed by atoms with Crippen molar-refractivity contribution in [2.45, 2.75) is 25.9 Å². The summed E-state index contributed by atoms with van der Waals surface area (Å²) in [6, 6.07) is 7.36. The third kappa shape index (κ3) is 4.44. The number of methoxy groups -OCH3 is 1. The predicted octanol–water partition coefficient (Wildman–Crippen LogP) is 2.12. The van der Waals surface area contributed by atoms with Crippen LogP contribution in [-0.4, -0.2) is 30.9 Å². The lowest BCUT2D eigenvalue weighted by molar-refractivity contribution is -0.150. The molecule has 17 heavy (non-hydrogen) atoms. The van der Waals surface area contributed by atoms with Crippen LogP contribution in [0.15, 0.2) is 24.3 Å². The Morgan fingerprint density at radius 1 is 1.47 bits per heavy atom. The van der Waals surface area contributed by atoms with Gasteiger partial charge in [-0.15, -0.1) is 0 Å². The molecule has 4 nitrogen and oxygen atoms in total. The molecule has 0 heterocycles. The maximum Gasteiger partial charge on any atom is 0.333 e. The molecule has 0 unspecified atom stereocenters. The number of hydrogen-bond acceptors (Lipinski definition) is 3. The van der Waals surface area contributed by atoms with E-state index in [0.717, 1.165) is 17.7 Å². The van der Waals surface area contributed by atoms with Gasteiger partial charge in [-0.3, -0.25) is 0 Å². The predicted molar refractivity (Wildman–Crippen MR) is 64.4 cm³/mol. The van der Waals surface area contributed by atoms with Crippen molar-refractivity contribution in [1.82, 2.24) is 0 Å². The molecule has 0 aliphatic heterocycles. The zero-order valence-electron chi connectivity index (χ0n) is 10.2. The first-order valence-corrected chi connectivity index (χ1v) is 5.64. The molecule has 0 bridgehead atoms. The quantitative estimate of drug-likeness (QED) is 0.790. The number of rotatable bonds is 7. The smallest absolute Gasteiger partial charge is 0.333 e. The Kier molecular flexibility index (Phi) is 5.49. The Morgan fingerprint density at radius 2 is 2.24 bits per heavy atom.